The van der Waals surface area contributed by atoms with E-state index in [0.29, 0.717) is 11.3 Å². The first-order valence-electron chi connectivity index (χ1n) is 5.53. The molecule has 4 nitrogen and oxygen atoms in total. The molecule has 0 saturated carbocycles. The molecule has 1 aromatic carbocycles. The van der Waals surface area contributed by atoms with Crippen molar-refractivity contribution in [3.05, 3.63) is 29.8 Å². The molecule has 0 spiro atoms. The highest BCUT2D eigenvalue weighted by Gasteiger charge is 2.56. The molecular formula is C13H16O4. The van der Waals surface area contributed by atoms with Crippen LogP contribution in [0.4, 0.5) is 0 Å². The van der Waals surface area contributed by atoms with E-state index in [2.05, 4.69) is 0 Å². The maximum Gasteiger partial charge on any atom is 0.181 e. The van der Waals surface area contributed by atoms with Crippen molar-refractivity contribution in [2.75, 3.05) is 13.2 Å². The lowest BCUT2D eigenvalue weighted by atomic mass is 9.68. The molecule has 1 aromatic rings. The molecule has 0 aliphatic carbocycles. The van der Waals surface area contributed by atoms with Gasteiger partial charge in [0.05, 0.1) is 18.8 Å². The lowest BCUT2D eigenvalue weighted by Gasteiger charge is -2.46. The van der Waals surface area contributed by atoms with Gasteiger partial charge in [0.2, 0.25) is 0 Å². The number of carbonyl (C=O) groups excluding carboxylic acids is 1. The van der Waals surface area contributed by atoms with Crippen molar-refractivity contribution in [2.45, 2.75) is 19.4 Å². The van der Waals surface area contributed by atoms with Gasteiger partial charge in [-0.2, -0.15) is 0 Å². The largest absolute Gasteiger partial charge is 0.486 e. The van der Waals surface area contributed by atoms with E-state index >= 15 is 0 Å². The molecule has 0 atom stereocenters. The van der Waals surface area contributed by atoms with E-state index in [1.165, 1.54) is 0 Å². The molecule has 0 fully saturated rings. The SMILES string of the molecule is CC1(C)Oc2ccccc2C(=O)C1(CO)CO. The third-order valence-corrected chi connectivity index (χ3v) is 3.62. The Labute approximate surface area is 99.8 Å². The van der Waals surface area contributed by atoms with E-state index < -0.39 is 24.2 Å². The Morgan fingerprint density at radius 3 is 2.35 bits per heavy atom. The Kier molecular flexibility index (Phi) is 2.72. The van der Waals surface area contributed by atoms with Gasteiger partial charge < -0.3 is 14.9 Å². The molecule has 0 amide bonds. The van der Waals surface area contributed by atoms with Crippen LogP contribution in [0.1, 0.15) is 24.2 Å². The maximum atomic E-state index is 12.4. The molecule has 0 radical (unpaired) electrons. The summed E-state index contributed by atoms with van der Waals surface area (Å²) in [7, 11) is 0. The summed E-state index contributed by atoms with van der Waals surface area (Å²) in [5.74, 6) is 0.231. The van der Waals surface area contributed by atoms with Crippen LogP contribution >= 0.6 is 0 Å². The predicted octanol–water partition coefficient (Wildman–Crippen LogP) is 1.01. The first-order valence-corrected chi connectivity index (χ1v) is 5.53. The van der Waals surface area contributed by atoms with Crippen LogP contribution in [0.2, 0.25) is 0 Å². The number of hydrogen-bond acceptors (Lipinski definition) is 4. The fraction of sp³-hybridized carbons (Fsp3) is 0.462. The molecular weight excluding hydrogens is 220 g/mol. The Balaban J connectivity index is 2.62. The number of benzene rings is 1. The number of ketones is 1. The van der Waals surface area contributed by atoms with Gasteiger partial charge in [-0.15, -0.1) is 0 Å². The van der Waals surface area contributed by atoms with Gasteiger partial charge in [-0.3, -0.25) is 4.79 Å². The number of aliphatic hydroxyl groups excluding tert-OH is 2. The van der Waals surface area contributed by atoms with Crippen LogP contribution in [0.15, 0.2) is 24.3 Å². The van der Waals surface area contributed by atoms with Gasteiger partial charge in [0.25, 0.3) is 0 Å². The van der Waals surface area contributed by atoms with Crippen LogP contribution in [0, 0.1) is 5.41 Å². The molecule has 92 valence electrons. The molecule has 0 saturated heterocycles. The second kappa shape index (κ2) is 3.82. The van der Waals surface area contributed by atoms with E-state index in [1.54, 1.807) is 38.1 Å². The summed E-state index contributed by atoms with van der Waals surface area (Å²) in [6.07, 6.45) is 0. The number of Topliss-reactive ketones (excluding diaryl/α,β-unsaturated/α-hetero) is 1. The molecule has 0 unspecified atom stereocenters. The van der Waals surface area contributed by atoms with E-state index in [-0.39, 0.29) is 5.78 Å². The number of hydrogen-bond donors (Lipinski definition) is 2. The summed E-state index contributed by atoms with van der Waals surface area (Å²) in [6, 6.07) is 6.88. The highest BCUT2D eigenvalue weighted by atomic mass is 16.5. The summed E-state index contributed by atoms with van der Waals surface area (Å²) >= 11 is 0. The van der Waals surface area contributed by atoms with Crippen molar-refractivity contribution in [2.24, 2.45) is 5.41 Å². The highest BCUT2D eigenvalue weighted by Crippen LogP contribution is 2.44. The van der Waals surface area contributed by atoms with Gasteiger partial charge in [0.15, 0.2) is 5.78 Å². The van der Waals surface area contributed by atoms with Crippen molar-refractivity contribution >= 4 is 5.78 Å². The Morgan fingerprint density at radius 1 is 1.18 bits per heavy atom. The summed E-state index contributed by atoms with van der Waals surface area (Å²) < 4.78 is 5.75. The molecule has 1 aliphatic heterocycles. The monoisotopic (exact) mass is 236 g/mol. The molecule has 4 heteroatoms. The van der Waals surface area contributed by atoms with Crippen LogP contribution < -0.4 is 4.74 Å². The average Bonchev–Trinajstić information content (AvgIpc) is 2.30. The molecule has 2 rings (SSSR count). The number of ether oxygens (including phenoxy) is 1. The second-order valence-corrected chi connectivity index (χ2v) is 4.84. The summed E-state index contributed by atoms with van der Waals surface area (Å²) in [6.45, 7) is 2.52. The van der Waals surface area contributed by atoms with Gasteiger partial charge in [-0.25, -0.2) is 0 Å². The van der Waals surface area contributed by atoms with E-state index in [1.807, 2.05) is 0 Å². The summed E-state index contributed by atoms with van der Waals surface area (Å²) in [5.41, 5.74) is -1.82. The number of fused-ring (bicyclic) bond motifs is 1. The molecule has 0 aromatic heterocycles. The zero-order valence-electron chi connectivity index (χ0n) is 9.93. The van der Waals surface area contributed by atoms with E-state index in [4.69, 9.17) is 4.74 Å². The third-order valence-electron chi connectivity index (χ3n) is 3.62. The first kappa shape index (κ1) is 12.1. The number of para-hydroxylation sites is 1. The first-order chi connectivity index (χ1) is 7.98. The van der Waals surface area contributed by atoms with Crippen molar-refractivity contribution in [1.29, 1.82) is 0 Å². The standard InChI is InChI=1S/C13H16O4/c1-12(2)13(7-14,8-15)11(16)9-5-3-4-6-10(9)17-12/h3-6,14-15H,7-8H2,1-2H3. The van der Waals surface area contributed by atoms with Crippen molar-refractivity contribution in [3.8, 4) is 5.75 Å². The minimum absolute atomic E-state index is 0.269. The minimum Gasteiger partial charge on any atom is -0.486 e. The van der Waals surface area contributed by atoms with Crippen LogP contribution in [-0.4, -0.2) is 34.8 Å². The average molecular weight is 236 g/mol. The quantitative estimate of drug-likeness (QED) is 0.804. The maximum absolute atomic E-state index is 12.4. The van der Waals surface area contributed by atoms with Gasteiger partial charge >= 0.3 is 0 Å². The van der Waals surface area contributed by atoms with Gasteiger partial charge in [0.1, 0.15) is 16.8 Å². The topological polar surface area (TPSA) is 66.8 Å². The Morgan fingerprint density at radius 2 is 1.76 bits per heavy atom. The number of aliphatic hydroxyl groups is 2. The highest BCUT2D eigenvalue weighted by molar-refractivity contribution is 6.04. The van der Waals surface area contributed by atoms with Crippen LogP contribution in [0.5, 0.6) is 5.75 Å². The van der Waals surface area contributed by atoms with Crippen LogP contribution in [0.3, 0.4) is 0 Å². The van der Waals surface area contributed by atoms with Crippen molar-refractivity contribution in [3.63, 3.8) is 0 Å². The van der Waals surface area contributed by atoms with Gasteiger partial charge in [-0.05, 0) is 26.0 Å². The Hall–Kier alpha value is -1.39. The summed E-state index contributed by atoms with van der Waals surface area (Å²) in [4.78, 5) is 12.4. The van der Waals surface area contributed by atoms with Crippen molar-refractivity contribution in [1.82, 2.24) is 0 Å². The normalized spacial score (nSPS) is 20.6. The van der Waals surface area contributed by atoms with Crippen LogP contribution in [-0.2, 0) is 0 Å². The fourth-order valence-corrected chi connectivity index (χ4v) is 2.22. The molecule has 1 aliphatic rings. The minimum atomic E-state index is -1.29. The van der Waals surface area contributed by atoms with Crippen molar-refractivity contribution < 1.29 is 19.7 Å². The number of carbonyl (C=O) groups is 1. The lowest BCUT2D eigenvalue weighted by molar-refractivity contribution is -0.0779. The Bertz CT molecular complexity index is 446. The lowest BCUT2D eigenvalue weighted by Crippen LogP contribution is -2.60. The van der Waals surface area contributed by atoms with Gasteiger partial charge in [0, 0.05) is 0 Å². The zero-order chi connectivity index (χ0) is 12.7. The number of rotatable bonds is 2. The molecule has 17 heavy (non-hydrogen) atoms. The van der Waals surface area contributed by atoms with E-state index in [9.17, 15) is 15.0 Å². The predicted molar refractivity (Wildman–Crippen MR) is 62.1 cm³/mol. The molecule has 1 heterocycles. The smallest absolute Gasteiger partial charge is 0.181 e. The molecule has 2 N–H and O–H groups in total. The summed E-state index contributed by atoms with van der Waals surface area (Å²) in [5, 5.41) is 19.0. The molecule has 0 bridgehead atoms. The van der Waals surface area contributed by atoms with Gasteiger partial charge in [-0.1, -0.05) is 12.1 Å². The van der Waals surface area contributed by atoms with E-state index in [0.717, 1.165) is 0 Å². The fourth-order valence-electron chi connectivity index (χ4n) is 2.22. The second-order valence-electron chi connectivity index (χ2n) is 4.84. The zero-order valence-corrected chi connectivity index (χ0v) is 9.93. The van der Waals surface area contributed by atoms with Crippen LogP contribution in [0.25, 0.3) is 0 Å². The third kappa shape index (κ3) is 1.48.